The van der Waals surface area contributed by atoms with Gasteiger partial charge in [0.15, 0.2) is 0 Å². The molecular weight excluding hydrogens is 591 g/mol. The van der Waals surface area contributed by atoms with E-state index in [9.17, 15) is 5.26 Å². The molecule has 0 fully saturated rings. The van der Waals surface area contributed by atoms with Gasteiger partial charge in [-0.15, -0.1) is 0 Å². The highest BCUT2D eigenvalue weighted by Crippen LogP contribution is 2.54. The molecule has 0 bridgehead atoms. The summed E-state index contributed by atoms with van der Waals surface area (Å²) in [5.74, 6) is 0.470. The number of nitriles is 1. The molecule has 1 atom stereocenters. The highest BCUT2D eigenvalue weighted by atomic mass is 32.2. The van der Waals surface area contributed by atoms with Crippen LogP contribution in [0.2, 0.25) is 0 Å². The van der Waals surface area contributed by atoms with E-state index in [1.165, 1.54) is 64.8 Å². The van der Waals surface area contributed by atoms with Gasteiger partial charge in [0, 0.05) is 38.0 Å². The molecule has 1 aliphatic carbocycles. The van der Waals surface area contributed by atoms with Crippen LogP contribution in [0.1, 0.15) is 23.5 Å². The number of thioether (sulfide) groups is 1. The number of nitrogens with zero attached hydrogens (tertiary/aromatic N) is 3. The van der Waals surface area contributed by atoms with E-state index in [1.807, 2.05) is 36.0 Å². The first-order chi connectivity index (χ1) is 23.3. The Morgan fingerprint density at radius 2 is 1.26 bits per heavy atom. The Labute approximate surface area is 276 Å². The second kappa shape index (κ2) is 10.1. The number of benzene rings is 6. The van der Waals surface area contributed by atoms with Crippen LogP contribution < -0.4 is 0 Å². The van der Waals surface area contributed by atoms with Crippen LogP contribution in [-0.4, -0.2) is 9.13 Å². The molecule has 1 aliphatic heterocycles. The van der Waals surface area contributed by atoms with Crippen LogP contribution >= 0.6 is 11.8 Å². The summed E-state index contributed by atoms with van der Waals surface area (Å²) in [5, 5.41) is 14.3. The van der Waals surface area contributed by atoms with Crippen LogP contribution in [0.25, 0.3) is 66.1 Å². The molecule has 2 aliphatic rings. The summed E-state index contributed by atoms with van der Waals surface area (Å²) >= 11 is 1.94. The quantitative estimate of drug-likeness (QED) is 0.198. The number of rotatable bonds is 3. The van der Waals surface area contributed by atoms with Crippen molar-refractivity contribution in [1.29, 1.82) is 5.26 Å². The monoisotopic (exact) mass is 617 g/mol. The number of allylic oxidation sites excluding steroid dienone is 4. The van der Waals surface area contributed by atoms with E-state index >= 15 is 0 Å². The van der Waals surface area contributed by atoms with E-state index in [4.69, 9.17) is 0 Å². The molecule has 3 heterocycles. The van der Waals surface area contributed by atoms with Gasteiger partial charge in [-0.3, -0.25) is 0 Å². The standard InChI is InChI=1S/C43H27N3S/c44-26-27-16-20-30(21-17-27)45-37-12-4-1-8-31(37)35-24-28(18-22-39(35)45)29-19-23-40-36(25-29)32-9-2-5-13-38(32)46(40)41-14-7-11-34-33-10-3-6-15-42(33)47-43(34)41/h1-9,11-25,33H,10H2. The summed E-state index contributed by atoms with van der Waals surface area (Å²) in [6, 6.07) is 48.1. The second-order valence-corrected chi connectivity index (χ2v) is 13.5. The highest BCUT2D eigenvalue weighted by Gasteiger charge is 2.31. The summed E-state index contributed by atoms with van der Waals surface area (Å²) in [6.45, 7) is 0. The van der Waals surface area contributed by atoms with Crippen molar-refractivity contribution in [3.05, 3.63) is 162 Å². The number of hydrogen-bond acceptors (Lipinski definition) is 2. The van der Waals surface area contributed by atoms with Crippen molar-refractivity contribution in [3.63, 3.8) is 0 Å². The lowest BCUT2D eigenvalue weighted by Gasteiger charge is -2.14. The van der Waals surface area contributed by atoms with Gasteiger partial charge in [0.05, 0.1) is 39.4 Å². The molecule has 0 spiro atoms. The van der Waals surface area contributed by atoms with Crippen molar-refractivity contribution in [2.75, 3.05) is 0 Å². The van der Waals surface area contributed by atoms with Gasteiger partial charge in [-0.2, -0.15) is 5.26 Å². The summed E-state index contributed by atoms with van der Waals surface area (Å²) < 4.78 is 4.77. The average Bonchev–Trinajstić information content (AvgIpc) is 3.79. The Bertz CT molecular complexity index is 2700. The molecule has 47 heavy (non-hydrogen) atoms. The van der Waals surface area contributed by atoms with Crippen molar-refractivity contribution in [2.45, 2.75) is 17.2 Å². The van der Waals surface area contributed by atoms with Crippen molar-refractivity contribution >= 4 is 55.4 Å². The van der Waals surface area contributed by atoms with E-state index in [2.05, 4.69) is 137 Å². The van der Waals surface area contributed by atoms with E-state index in [1.54, 1.807) is 0 Å². The fourth-order valence-electron chi connectivity index (χ4n) is 7.74. The van der Waals surface area contributed by atoms with Gasteiger partial charge in [-0.05, 0) is 94.7 Å². The van der Waals surface area contributed by atoms with E-state index in [0.717, 1.165) is 23.1 Å². The molecule has 0 amide bonds. The summed E-state index contributed by atoms with van der Waals surface area (Å²) in [4.78, 5) is 2.83. The molecule has 0 saturated carbocycles. The third kappa shape index (κ3) is 3.87. The van der Waals surface area contributed by atoms with Crippen LogP contribution in [0.5, 0.6) is 0 Å². The number of para-hydroxylation sites is 2. The summed E-state index contributed by atoms with van der Waals surface area (Å²) in [5.41, 5.74) is 11.6. The minimum absolute atomic E-state index is 0.470. The van der Waals surface area contributed by atoms with Gasteiger partial charge in [0.2, 0.25) is 0 Å². The number of aromatic nitrogens is 2. The van der Waals surface area contributed by atoms with Crippen LogP contribution in [0.15, 0.2) is 155 Å². The maximum absolute atomic E-state index is 9.34. The predicted octanol–water partition coefficient (Wildman–Crippen LogP) is 11.5. The van der Waals surface area contributed by atoms with Crippen LogP contribution in [0.3, 0.4) is 0 Å². The molecule has 2 aromatic heterocycles. The van der Waals surface area contributed by atoms with Crippen molar-refractivity contribution in [3.8, 4) is 28.6 Å². The van der Waals surface area contributed by atoms with Crippen LogP contribution in [0, 0.1) is 11.3 Å². The zero-order chi connectivity index (χ0) is 31.1. The Kier molecular flexibility index (Phi) is 5.70. The zero-order valence-electron chi connectivity index (χ0n) is 25.4. The SMILES string of the molecule is N#Cc1ccc(-n2c3ccccc3c3cc(-c4ccc5c(c4)c4ccccc4n5-c4cccc5c4SC4=CC=CCC45)ccc32)cc1. The molecule has 4 heteroatoms. The highest BCUT2D eigenvalue weighted by molar-refractivity contribution is 8.03. The molecule has 0 saturated heterocycles. The largest absolute Gasteiger partial charge is 0.309 e. The fourth-order valence-corrected chi connectivity index (χ4v) is 9.08. The Hall–Kier alpha value is -5.76. The normalized spacial score (nSPS) is 15.3. The minimum Gasteiger partial charge on any atom is -0.309 e. The topological polar surface area (TPSA) is 33.6 Å². The lowest BCUT2D eigenvalue weighted by Crippen LogP contribution is -1.99. The number of hydrogen-bond donors (Lipinski definition) is 0. The predicted molar refractivity (Wildman–Crippen MR) is 196 cm³/mol. The molecule has 1 unspecified atom stereocenters. The van der Waals surface area contributed by atoms with Gasteiger partial charge in [-0.25, -0.2) is 0 Å². The van der Waals surface area contributed by atoms with Gasteiger partial charge in [-0.1, -0.05) is 90.7 Å². The second-order valence-electron chi connectivity index (χ2n) is 12.4. The van der Waals surface area contributed by atoms with Crippen LogP contribution in [-0.2, 0) is 0 Å². The zero-order valence-corrected chi connectivity index (χ0v) is 26.2. The molecule has 8 aromatic rings. The Morgan fingerprint density at radius 1 is 0.617 bits per heavy atom. The first-order valence-corrected chi connectivity index (χ1v) is 16.8. The summed E-state index contributed by atoms with van der Waals surface area (Å²) in [7, 11) is 0. The third-order valence-electron chi connectivity index (χ3n) is 9.91. The molecular formula is C43H27N3S. The minimum atomic E-state index is 0.470. The molecule has 220 valence electrons. The maximum atomic E-state index is 9.34. The Balaban J connectivity index is 1.15. The molecule has 6 aromatic carbocycles. The van der Waals surface area contributed by atoms with Gasteiger partial charge >= 0.3 is 0 Å². The van der Waals surface area contributed by atoms with Crippen molar-refractivity contribution in [1.82, 2.24) is 9.13 Å². The van der Waals surface area contributed by atoms with E-state index < -0.39 is 0 Å². The fraction of sp³-hybridized carbons (Fsp3) is 0.0465. The maximum Gasteiger partial charge on any atom is 0.0991 e. The van der Waals surface area contributed by atoms with Crippen molar-refractivity contribution in [2.24, 2.45) is 0 Å². The van der Waals surface area contributed by atoms with Gasteiger partial charge < -0.3 is 9.13 Å². The van der Waals surface area contributed by atoms with Gasteiger partial charge in [0.1, 0.15) is 0 Å². The smallest absolute Gasteiger partial charge is 0.0991 e. The molecule has 3 nitrogen and oxygen atoms in total. The van der Waals surface area contributed by atoms with E-state index in [-0.39, 0.29) is 0 Å². The van der Waals surface area contributed by atoms with Crippen LogP contribution in [0.4, 0.5) is 0 Å². The first kappa shape index (κ1) is 26.5. The Morgan fingerprint density at radius 3 is 1.96 bits per heavy atom. The average molecular weight is 618 g/mol. The van der Waals surface area contributed by atoms with E-state index in [0.29, 0.717) is 11.5 Å². The molecule has 0 N–H and O–H groups in total. The molecule has 0 radical (unpaired) electrons. The lowest BCUT2D eigenvalue weighted by molar-refractivity contribution is 0.834. The van der Waals surface area contributed by atoms with Crippen molar-refractivity contribution < 1.29 is 0 Å². The van der Waals surface area contributed by atoms with Gasteiger partial charge in [0.25, 0.3) is 0 Å². The molecule has 10 rings (SSSR count). The summed E-state index contributed by atoms with van der Waals surface area (Å²) in [6.07, 6.45) is 7.86. The lowest BCUT2D eigenvalue weighted by atomic mass is 9.92. The first-order valence-electron chi connectivity index (χ1n) is 16.0. The number of fused-ring (bicyclic) bond motifs is 9. The third-order valence-corrected chi connectivity index (χ3v) is 11.2.